The summed E-state index contributed by atoms with van der Waals surface area (Å²) in [6.45, 7) is 12.5. The van der Waals surface area contributed by atoms with Gasteiger partial charge in [0.05, 0.1) is 26.0 Å². The molecule has 1 atom stereocenters. The third-order valence-corrected chi connectivity index (χ3v) is 4.66. The molecule has 22 heavy (non-hydrogen) atoms. The SMILES string of the molecule is CC(C)CC[C@H](CC[NH2+]CC[NH+]1CCOCC1)c1ccco1. The Kier molecular flexibility index (Phi) is 7.99. The summed E-state index contributed by atoms with van der Waals surface area (Å²) in [5, 5.41) is 2.48. The summed E-state index contributed by atoms with van der Waals surface area (Å²) >= 11 is 0. The van der Waals surface area contributed by atoms with Crippen molar-refractivity contribution < 1.29 is 19.4 Å². The Hall–Kier alpha value is -0.840. The van der Waals surface area contributed by atoms with E-state index >= 15 is 0 Å². The van der Waals surface area contributed by atoms with Gasteiger partial charge in [-0.2, -0.15) is 0 Å². The van der Waals surface area contributed by atoms with Crippen LogP contribution in [0.3, 0.4) is 0 Å². The van der Waals surface area contributed by atoms with Crippen LogP contribution >= 0.6 is 0 Å². The van der Waals surface area contributed by atoms with Gasteiger partial charge in [0.15, 0.2) is 0 Å². The lowest BCUT2D eigenvalue weighted by molar-refractivity contribution is -0.919. The highest BCUT2D eigenvalue weighted by Crippen LogP contribution is 2.26. The number of quaternary nitrogens is 2. The highest BCUT2D eigenvalue weighted by molar-refractivity contribution is 5.05. The number of nitrogens with two attached hydrogens (primary N) is 1. The van der Waals surface area contributed by atoms with Crippen LogP contribution in [0.25, 0.3) is 0 Å². The summed E-state index contributed by atoms with van der Waals surface area (Å²) in [5.41, 5.74) is 0. The molecule has 4 heteroatoms. The number of nitrogens with one attached hydrogen (secondary N) is 1. The molecule has 0 aromatic carbocycles. The van der Waals surface area contributed by atoms with Crippen molar-refractivity contribution in [1.82, 2.24) is 0 Å². The maximum Gasteiger partial charge on any atom is 0.127 e. The first-order valence-corrected chi connectivity index (χ1v) is 9.02. The maximum absolute atomic E-state index is 5.65. The van der Waals surface area contributed by atoms with Crippen molar-refractivity contribution in [3.8, 4) is 0 Å². The van der Waals surface area contributed by atoms with Crippen LogP contribution in [-0.2, 0) is 4.74 Å². The van der Waals surface area contributed by atoms with E-state index in [4.69, 9.17) is 9.15 Å². The monoisotopic (exact) mass is 310 g/mol. The Bertz CT molecular complexity index is 372. The van der Waals surface area contributed by atoms with E-state index < -0.39 is 0 Å². The molecule has 2 rings (SSSR count). The minimum Gasteiger partial charge on any atom is -0.469 e. The quantitative estimate of drug-likeness (QED) is 0.624. The van der Waals surface area contributed by atoms with Crippen molar-refractivity contribution in [1.29, 1.82) is 0 Å². The first-order chi connectivity index (χ1) is 10.8. The largest absolute Gasteiger partial charge is 0.469 e. The predicted octanol–water partition coefficient (Wildman–Crippen LogP) is 0.668. The van der Waals surface area contributed by atoms with Gasteiger partial charge in [-0.15, -0.1) is 0 Å². The van der Waals surface area contributed by atoms with Gasteiger partial charge in [-0.1, -0.05) is 20.3 Å². The van der Waals surface area contributed by atoms with Crippen LogP contribution in [0.1, 0.15) is 44.8 Å². The van der Waals surface area contributed by atoms with Crippen molar-refractivity contribution in [3.63, 3.8) is 0 Å². The number of hydrogen-bond acceptors (Lipinski definition) is 2. The Labute approximate surface area is 135 Å². The van der Waals surface area contributed by atoms with E-state index in [2.05, 4.69) is 25.2 Å². The van der Waals surface area contributed by atoms with Gasteiger partial charge in [0.1, 0.15) is 31.9 Å². The van der Waals surface area contributed by atoms with Gasteiger partial charge >= 0.3 is 0 Å². The molecule has 1 aromatic rings. The fraction of sp³-hybridized carbons (Fsp3) is 0.778. The van der Waals surface area contributed by atoms with Crippen molar-refractivity contribution in [2.75, 3.05) is 45.9 Å². The van der Waals surface area contributed by atoms with E-state index in [1.54, 1.807) is 4.90 Å². The standard InChI is InChI=1S/C18H32N2O2/c1-16(2)5-6-17(18-4-3-13-22-18)7-8-19-9-10-20-11-14-21-15-12-20/h3-4,13,16-17,19H,5-12,14-15H2,1-2H3/p+2/t17-/m1/s1. The molecule has 1 saturated heterocycles. The molecule has 0 spiro atoms. The second kappa shape index (κ2) is 10.0. The molecule has 0 saturated carbocycles. The number of ether oxygens (including phenoxy) is 1. The Morgan fingerprint density at radius 1 is 1.14 bits per heavy atom. The van der Waals surface area contributed by atoms with Crippen LogP contribution in [0.2, 0.25) is 0 Å². The van der Waals surface area contributed by atoms with Gasteiger partial charge < -0.3 is 19.4 Å². The van der Waals surface area contributed by atoms with Gasteiger partial charge in [0, 0.05) is 12.3 Å². The van der Waals surface area contributed by atoms with Gasteiger partial charge in [-0.25, -0.2) is 0 Å². The average molecular weight is 310 g/mol. The zero-order chi connectivity index (χ0) is 15.6. The predicted molar refractivity (Wildman–Crippen MR) is 88.2 cm³/mol. The molecule has 0 radical (unpaired) electrons. The zero-order valence-electron chi connectivity index (χ0n) is 14.4. The third-order valence-electron chi connectivity index (χ3n) is 4.66. The second-order valence-corrected chi connectivity index (χ2v) is 6.95. The molecule has 0 amide bonds. The molecule has 4 nitrogen and oxygen atoms in total. The molecule has 2 heterocycles. The van der Waals surface area contributed by atoms with Crippen LogP contribution in [-0.4, -0.2) is 45.9 Å². The number of hydrogen-bond donors (Lipinski definition) is 2. The van der Waals surface area contributed by atoms with Crippen LogP contribution in [0.15, 0.2) is 22.8 Å². The van der Waals surface area contributed by atoms with Crippen molar-refractivity contribution in [2.24, 2.45) is 5.92 Å². The Morgan fingerprint density at radius 2 is 1.95 bits per heavy atom. The summed E-state index contributed by atoms with van der Waals surface area (Å²) in [5.74, 6) is 2.53. The Morgan fingerprint density at radius 3 is 2.64 bits per heavy atom. The van der Waals surface area contributed by atoms with Crippen molar-refractivity contribution >= 4 is 0 Å². The van der Waals surface area contributed by atoms with E-state index in [1.165, 1.54) is 57.7 Å². The summed E-state index contributed by atoms with van der Waals surface area (Å²) in [4.78, 5) is 1.70. The molecule has 3 N–H and O–H groups in total. The van der Waals surface area contributed by atoms with Gasteiger partial charge in [0.25, 0.3) is 0 Å². The third kappa shape index (κ3) is 6.51. The molecule has 126 valence electrons. The van der Waals surface area contributed by atoms with Gasteiger partial charge in [-0.3, -0.25) is 0 Å². The molecule has 1 aromatic heterocycles. The van der Waals surface area contributed by atoms with Gasteiger partial charge in [0.2, 0.25) is 0 Å². The van der Waals surface area contributed by atoms with E-state index in [0.717, 1.165) is 19.1 Å². The number of furan rings is 1. The van der Waals surface area contributed by atoms with E-state index in [-0.39, 0.29) is 0 Å². The molecule has 0 unspecified atom stereocenters. The first kappa shape index (κ1) is 17.5. The summed E-state index contributed by atoms with van der Waals surface area (Å²) in [6.07, 6.45) is 5.55. The topological polar surface area (TPSA) is 43.4 Å². The summed E-state index contributed by atoms with van der Waals surface area (Å²) in [7, 11) is 0. The molecule has 0 bridgehead atoms. The summed E-state index contributed by atoms with van der Waals surface area (Å²) in [6, 6.07) is 4.16. The van der Waals surface area contributed by atoms with Crippen LogP contribution in [0.4, 0.5) is 0 Å². The highest BCUT2D eigenvalue weighted by atomic mass is 16.5. The van der Waals surface area contributed by atoms with Crippen LogP contribution in [0, 0.1) is 5.92 Å². The molecule has 1 aliphatic rings. The average Bonchev–Trinajstić information content (AvgIpc) is 3.05. The van der Waals surface area contributed by atoms with Crippen LogP contribution in [0.5, 0.6) is 0 Å². The molecule has 1 fully saturated rings. The van der Waals surface area contributed by atoms with E-state index in [1.807, 2.05) is 12.3 Å². The lowest BCUT2D eigenvalue weighted by Crippen LogP contribution is -3.16. The first-order valence-electron chi connectivity index (χ1n) is 9.02. The smallest absolute Gasteiger partial charge is 0.127 e. The number of morpholine rings is 1. The summed E-state index contributed by atoms with van der Waals surface area (Å²) < 4.78 is 11.1. The minimum absolute atomic E-state index is 0.587. The van der Waals surface area contributed by atoms with E-state index in [9.17, 15) is 0 Å². The maximum atomic E-state index is 5.65. The van der Waals surface area contributed by atoms with Gasteiger partial charge in [-0.05, 0) is 24.5 Å². The van der Waals surface area contributed by atoms with Crippen molar-refractivity contribution in [2.45, 2.75) is 39.0 Å². The fourth-order valence-electron chi connectivity index (χ4n) is 3.17. The lowest BCUT2D eigenvalue weighted by Gasteiger charge is -2.23. The van der Waals surface area contributed by atoms with Crippen LogP contribution < -0.4 is 10.2 Å². The normalized spacial score (nSPS) is 18.0. The molecule has 0 aliphatic carbocycles. The van der Waals surface area contributed by atoms with E-state index in [0.29, 0.717) is 5.92 Å². The fourth-order valence-corrected chi connectivity index (χ4v) is 3.17. The lowest BCUT2D eigenvalue weighted by atomic mass is 9.93. The Balaban J connectivity index is 1.63. The minimum atomic E-state index is 0.587. The second-order valence-electron chi connectivity index (χ2n) is 6.95. The highest BCUT2D eigenvalue weighted by Gasteiger charge is 2.17. The van der Waals surface area contributed by atoms with Crippen molar-refractivity contribution in [3.05, 3.63) is 24.2 Å². The molecule has 1 aliphatic heterocycles. The number of rotatable bonds is 10. The zero-order valence-corrected chi connectivity index (χ0v) is 14.4. The molecular formula is C18H34N2O2+2. The molecular weight excluding hydrogens is 276 g/mol.